The minimum atomic E-state index is 1.13. The maximum Gasteiger partial charge on any atom is 0.0254 e. The molecule has 0 saturated heterocycles. The molecule has 4 aromatic carbocycles. The lowest BCUT2D eigenvalue weighted by Gasteiger charge is -2.12. The van der Waals surface area contributed by atoms with Crippen LogP contribution < -0.4 is 0 Å². The Morgan fingerprint density at radius 3 is 1.68 bits per heavy atom. The molecule has 0 bridgehead atoms. The fourth-order valence-electron chi connectivity index (χ4n) is 3.00. The van der Waals surface area contributed by atoms with E-state index in [9.17, 15) is 0 Å². The molecule has 0 aromatic heterocycles. The number of rotatable bonds is 1. The van der Waals surface area contributed by atoms with E-state index < -0.39 is 0 Å². The highest BCUT2D eigenvalue weighted by molar-refractivity contribution is 9.11. The maximum absolute atomic E-state index is 3.66. The van der Waals surface area contributed by atoms with Crippen molar-refractivity contribution in [1.29, 1.82) is 0 Å². The third-order valence-electron chi connectivity index (χ3n) is 4.03. The molecule has 0 N–H and O–H groups in total. The van der Waals surface area contributed by atoms with E-state index in [2.05, 4.69) is 105 Å². The van der Waals surface area contributed by atoms with Crippen molar-refractivity contribution in [3.8, 4) is 11.1 Å². The first-order valence-electron chi connectivity index (χ1n) is 7.10. The second-order valence-electron chi connectivity index (χ2n) is 5.28. The van der Waals surface area contributed by atoms with Crippen LogP contribution in [0.15, 0.2) is 81.7 Å². The summed E-state index contributed by atoms with van der Waals surface area (Å²) in [4.78, 5) is 0. The smallest absolute Gasteiger partial charge is 0.0254 e. The van der Waals surface area contributed by atoms with Crippen molar-refractivity contribution in [2.45, 2.75) is 0 Å². The Bertz CT molecular complexity index is 966. The molecule has 0 unspecified atom stereocenters. The first-order valence-corrected chi connectivity index (χ1v) is 8.69. The van der Waals surface area contributed by atoms with Gasteiger partial charge in [0, 0.05) is 8.95 Å². The Balaban J connectivity index is 2.13. The molecule has 0 radical (unpaired) electrons. The molecule has 0 nitrogen and oxygen atoms in total. The maximum atomic E-state index is 3.66. The molecule has 0 heterocycles. The quantitative estimate of drug-likeness (QED) is 0.311. The Hall–Kier alpha value is -1.64. The van der Waals surface area contributed by atoms with Crippen molar-refractivity contribution < 1.29 is 0 Å². The number of hydrogen-bond donors (Lipinski definition) is 0. The summed E-state index contributed by atoms with van der Waals surface area (Å²) < 4.78 is 2.27. The van der Waals surface area contributed by atoms with Crippen LogP contribution in [0.3, 0.4) is 0 Å². The molecule has 22 heavy (non-hydrogen) atoms. The number of halogens is 2. The van der Waals surface area contributed by atoms with Gasteiger partial charge in [-0.1, -0.05) is 92.5 Å². The van der Waals surface area contributed by atoms with Gasteiger partial charge in [-0.05, 0) is 44.8 Å². The lowest BCUT2D eigenvalue weighted by atomic mass is 9.94. The largest absolute Gasteiger partial charge is 0.0616 e. The fourth-order valence-corrected chi connectivity index (χ4v) is 3.98. The van der Waals surface area contributed by atoms with Gasteiger partial charge in [0.05, 0.1) is 0 Å². The Morgan fingerprint density at radius 2 is 0.909 bits per heavy atom. The van der Waals surface area contributed by atoms with Crippen molar-refractivity contribution >= 4 is 53.4 Å². The summed E-state index contributed by atoms with van der Waals surface area (Å²) in [6.07, 6.45) is 0. The summed E-state index contributed by atoms with van der Waals surface area (Å²) in [5.74, 6) is 0. The van der Waals surface area contributed by atoms with Gasteiger partial charge < -0.3 is 0 Å². The summed E-state index contributed by atoms with van der Waals surface area (Å²) >= 11 is 7.31. The van der Waals surface area contributed by atoms with Gasteiger partial charge in [-0.25, -0.2) is 0 Å². The van der Waals surface area contributed by atoms with Crippen LogP contribution in [-0.2, 0) is 0 Å². The Morgan fingerprint density at radius 1 is 0.409 bits per heavy atom. The van der Waals surface area contributed by atoms with Crippen LogP contribution in [0.25, 0.3) is 32.7 Å². The van der Waals surface area contributed by atoms with Crippen molar-refractivity contribution in [2.24, 2.45) is 0 Å². The van der Waals surface area contributed by atoms with Gasteiger partial charge in [-0.15, -0.1) is 0 Å². The average Bonchev–Trinajstić information content (AvgIpc) is 2.56. The zero-order chi connectivity index (χ0) is 15.1. The van der Waals surface area contributed by atoms with Crippen molar-refractivity contribution in [3.63, 3.8) is 0 Å². The molecule has 4 rings (SSSR count). The van der Waals surface area contributed by atoms with Gasteiger partial charge in [0.15, 0.2) is 0 Å². The molecule has 2 heteroatoms. The van der Waals surface area contributed by atoms with Crippen LogP contribution in [-0.4, -0.2) is 0 Å². The van der Waals surface area contributed by atoms with E-state index in [4.69, 9.17) is 0 Å². The zero-order valence-electron chi connectivity index (χ0n) is 11.7. The van der Waals surface area contributed by atoms with Crippen LogP contribution in [0.1, 0.15) is 0 Å². The van der Waals surface area contributed by atoms with E-state index in [0.29, 0.717) is 0 Å². The third-order valence-corrected chi connectivity index (χ3v) is 5.41. The fraction of sp³-hybridized carbons (Fsp3) is 0. The average molecular weight is 412 g/mol. The minimum Gasteiger partial charge on any atom is -0.0616 e. The van der Waals surface area contributed by atoms with E-state index in [1.165, 1.54) is 32.7 Å². The number of hydrogen-bond acceptors (Lipinski definition) is 0. The van der Waals surface area contributed by atoms with Crippen LogP contribution >= 0.6 is 31.9 Å². The van der Waals surface area contributed by atoms with E-state index in [-0.39, 0.29) is 0 Å². The molecule has 0 aliphatic rings. The van der Waals surface area contributed by atoms with Gasteiger partial charge in [-0.2, -0.15) is 0 Å². The first-order chi connectivity index (χ1) is 10.8. The Labute approximate surface area is 146 Å². The number of fused-ring (bicyclic) bond motifs is 2. The summed E-state index contributed by atoms with van der Waals surface area (Å²) in [6.45, 7) is 0. The van der Waals surface area contributed by atoms with Crippen LogP contribution in [0, 0.1) is 0 Å². The summed E-state index contributed by atoms with van der Waals surface area (Å²) in [5.41, 5.74) is 2.53. The topological polar surface area (TPSA) is 0 Å². The normalized spacial score (nSPS) is 11.2. The second kappa shape index (κ2) is 5.53. The van der Waals surface area contributed by atoms with Crippen LogP contribution in [0.2, 0.25) is 0 Å². The summed E-state index contributed by atoms with van der Waals surface area (Å²) in [7, 11) is 0. The van der Waals surface area contributed by atoms with Gasteiger partial charge in [0.2, 0.25) is 0 Å². The van der Waals surface area contributed by atoms with Gasteiger partial charge >= 0.3 is 0 Å². The molecule has 0 saturated carbocycles. The predicted octanol–water partition coefficient (Wildman–Crippen LogP) is 7.19. The van der Waals surface area contributed by atoms with Crippen LogP contribution in [0.4, 0.5) is 0 Å². The second-order valence-corrected chi connectivity index (χ2v) is 6.99. The lowest BCUT2D eigenvalue weighted by molar-refractivity contribution is 1.65. The molecular formula is C20H12Br2. The van der Waals surface area contributed by atoms with E-state index in [1.807, 2.05) is 0 Å². The van der Waals surface area contributed by atoms with Crippen molar-refractivity contribution in [2.75, 3.05) is 0 Å². The third kappa shape index (κ3) is 2.18. The molecule has 106 valence electrons. The molecule has 0 amide bonds. The zero-order valence-corrected chi connectivity index (χ0v) is 14.9. The number of benzene rings is 4. The highest BCUT2D eigenvalue weighted by Gasteiger charge is 2.10. The lowest BCUT2D eigenvalue weighted by Crippen LogP contribution is -1.85. The highest BCUT2D eigenvalue weighted by atomic mass is 79.9. The first kappa shape index (κ1) is 14.0. The molecule has 0 atom stereocenters. The summed E-state index contributed by atoms with van der Waals surface area (Å²) in [5, 5.41) is 5.02. The van der Waals surface area contributed by atoms with Gasteiger partial charge in [0.25, 0.3) is 0 Å². The molecule has 0 spiro atoms. The molecular weight excluding hydrogens is 400 g/mol. The van der Waals surface area contributed by atoms with Gasteiger partial charge in [0.1, 0.15) is 0 Å². The van der Waals surface area contributed by atoms with E-state index in [1.54, 1.807) is 0 Å². The Kier molecular flexibility index (Phi) is 3.51. The monoisotopic (exact) mass is 410 g/mol. The van der Waals surface area contributed by atoms with E-state index in [0.717, 1.165) is 8.95 Å². The molecule has 0 fully saturated rings. The van der Waals surface area contributed by atoms with E-state index >= 15 is 0 Å². The van der Waals surface area contributed by atoms with Crippen molar-refractivity contribution in [3.05, 3.63) is 81.7 Å². The highest BCUT2D eigenvalue weighted by Crippen LogP contribution is 2.37. The van der Waals surface area contributed by atoms with Gasteiger partial charge in [-0.3, -0.25) is 0 Å². The molecule has 4 aromatic rings. The molecule has 0 aliphatic heterocycles. The SMILES string of the molecule is Brc1cccc2c(-c3ccc(Br)c4ccccc34)cccc12. The van der Waals surface area contributed by atoms with Crippen LogP contribution in [0.5, 0.6) is 0 Å². The summed E-state index contributed by atoms with van der Waals surface area (Å²) in [6, 6.07) is 25.7. The minimum absolute atomic E-state index is 1.13. The predicted molar refractivity (Wildman–Crippen MR) is 102 cm³/mol. The standard InChI is InChI=1S/C20H12Br2/c21-19-10-4-8-15-13(7-3-9-18(15)19)16-11-12-20(22)17-6-2-1-5-14(16)17/h1-12H. The van der Waals surface area contributed by atoms with Crippen molar-refractivity contribution in [1.82, 2.24) is 0 Å². The molecule has 0 aliphatic carbocycles.